The van der Waals surface area contributed by atoms with Crippen molar-refractivity contribution in [3.63, 3.8) is 0 Å². The van der Waals surface area contributed by atoms with Gasteiger partial charge >= 0.3 is 0 Å². The zero-order chi connectivity index (χ0) is 42.2. The van der Waals surface area contributed by atoms with E-state index in [0.717, 1.165) is 33.4 Å². The van der Waals surface area contributed by atoms with Crippen molar-refractivity contribution in [2.24, 2.45) is 0 Å². The average molecular weight is 803 g/mol. The van der Waals surface area contributed by atoms with Gasteiger partial charge in [-0.2, -0.15) is 5.26 Å². The Labute approximate surface area is 367 Å². The fourth-order valence-corrected chi connectivity index (χ4v) is 9.33. The molecule has 0 spiro atoms. The average Bonchev–Trinajstić information content (AvgIpc) is 3.67. The SMILES string of the molecule is N#Cc1ccc(-c2nc(-c3ccccc3)nc(-c3cccc(-c4cccc(-c5cc6c(cc5-c5ccccc5)-c5ccccc5C6(c5ccccc5)c5ccccc5)c4)c3)n2)cc1. The highest BCUT2D eigenvalue weighted by molar-refractivity contribution is 5.95. The molecule has 0 fully saturated rings. The summed E-state index contributed by atoms with van der Waals surface area (Å²) in [5, 5.41) is 9.44. The van der Waals surface area contributed by atoms with Crippen LogP contribution >= 0.6 is 0 Å². The Bertz CT molecular complexity index is 3280. The Morgan fingerprint density at radius 1 is 0.302 bits per heavy atom. The van der Waals surface area contributed by atoms with Crippen LogP contribution in [0.4, 0.5) is 0 Å². The van der Waals surface area contributed by atoms with E-state index < -0.39 is 5.41 Å². The lowest BCUT2D eigenvalue weighted by molar-refractivity contribution is 0.769. The maximum absolute atomic E-state index is 9.44. The van der Waals surface area contributed by atoms with Gasteiger partial charge in [0.2, 0.25) is 0 Å². The lowest BCUT2D eigenvalue weighted by Crippen LogP contribution is -2.28. The smallest absolute Gasteiger partial charge is 0.164 e. The molecule has 63 heavy (non-hydrogen) atoms. The van der Waals surface area contributed by atoms with Crippen molar-refractivity contribution in [1.82, 2.24) is 15.0 Å². The normalized spacial score (nSPS) is 12.2. The summed E-state index contributed by atoms with van der Waals surface area (Å²) in [4.78, 5) is 14.9. The van der Waals surface area contributed by atoms with Gasteiger partial charge in [-0.15, -0.1) is 0 Å². The number of fused-ring (bicyclic) bond motifs is 3. The summed E-state index contributed by atoms with van der Waals surface area (Å²) in [5.41, 5.74) is 17.0. The summed E-state index contributed by atoms with van der Waals surface area (Å²) < 4.78 is 0. The van der Waals surface area contributed by atoms with E-state index in [1.165, 1.54) is 50.1 Å². The van der Waals surface area contributed by atoms with Crippen LogP contribution in [0.5, 0.6) is 0 Å². The van der Waals surface area contributed by atoms with Crippen LogP contribution in [0.25, 0.3) is 78.7 Å². The molecule has 1 heterocycles. The first-order chi connectivity index (χ1) is 31.2. The number of nitrogens with zero attached hydrogens (tertiary/aromatic N) is 4. The molecule has 9 aromatic carbocycles. The number of rotatable bonds is 8. The van der Waals surface area contributed by atoms with Crippen LogP contribution in [0, 0.1) is 11.3 Å². The second-order valence-corrected chi connectivity index (χ2v) is 15.9. The molecule has 4 nitrogen and oxygen atoms in total. The maximum atomic E-state index is 9.44. The molecule has 0 N–H and O–H groups in total. The maximum Gasteiger partial charge on any atom is 0.164 e. The first kappa shape index (κ1) is 37.5. The molecule has 1 aliphatic rings. The second kappa shape index (κ2) is 15.8. The van der Waals surface area contributed by atoms with Crippen molar-refractivity contribution in [2.45, 2.75) is 5.41 Å². The van der Waals surface area contributed by atoms with E-state index >= 15 is 0 Å². The molecule has 1 aliphatic carbocycles. The summed E-state index contributed by atoms with van der Waals surface area (Å²) in [7, 11) is 0. The van der Waals surface area contributed by atoms with E-state index in [-0.39, 0.29) is 0 Å². The summed E-state index contributed by atoms with van der Waals surface area (Å²) in [6, 6.07) is 83.4. The molecule has 1 aromatic heterocycles. The molecule has 0 atom stereocenters. The fourth-order valence-electron chi connectivity index (χ4n) is 9.33. The van der Waals surface area contributed by atoms with Gasteiger partial charge in [-0.25, -0.2) is 15.0 Å². The third-order valence-electron chi connectivity index (χ3n) is 12.2. The summed E-state index contributed by atoms with van der Waals surface area (Å²) in [5.74, 6) is 1.70. The van der Waals surface area contributed by atoms with Crippen molar-refractivity contribution < 1.29 is 0 Å². The van der Waals surface area contributed by atoms with Crippen LogP contribution in [0.2, 0.25) is 0 Å². The fraction of sp³-hybridized carbons (Fsp3) is 0.0169. The predicted octanol–water partition coefficient (Wildman–Crippen LogP) is 14.1. The van der Waals surface area contributed by atoms with Crippen molar-refractivity contribution in [1.29, 1.82) is 5.26 Å². The first-order valence-electron chi connectivity index (χ1n) is 21.2. The molecular formula is C59H38N4. The van der Waals surface area contributed by atoms with Gasteiger partial charge in [0.1, 0.15) is 0 Å². The highest BCUT2D eigenvalue weighted by atomic mass is 15.0. The third-order valence-corrected chi connectivity index (χ3v) is 12.2. The van der Waals surface area contributed by atoms with Crippen LogP contribution in [-0.4, -0.2) is 15.0 Å². The zero-order valence-corrected chi connectivity index (χ0v) is 34.2. The van der Waals surface area contributed by atoms with Gasteiger partial charge in [0.15, 0.2) is 17.5 Å². The van der Waals surface area contributed by atoms with Crippen LogP contribution in [0.1, 0.15) is 27.8 Å². The third kappa shape index (κ3) is 6.61. The molecule has 0 saturated heterocycles. The minimum atomic E-state index is -0.524. The van der Waals surface area contributed by atoms with Gasteiger partial charge in [0.05, 0.1) is 17.0 Å². The molecule has 0 unspecified atom stereocenters. The molecular weight excluding hydrogens is 765 g/mol. The van der Waals surface area contributed by atoms with E-state index in [1.807, 2.05) is 42.5 Å². The number of hydrogen-bond acceptors (Lipinski definition) is 4. The second-order valence-electron chi connectivity index (χ2n) is 15.9. The summed E-state index contributed by atoms with van der Waals surface area (Å²) in [6.07, 6.45) is 0. The van der Waals surface area contributed by atoms with E-state index in [4.69, 9.17) is 15.0 Å². The van der Waals surface area contributed by atoms with Gasteiger partial charge < -0.3 is 0 Å². The van der Waals surface area contributed by atoms with Gasteiger partial charge in [0, 0.05) is 16.7 Å². The van der Waals surface area contributed by atoms with Crippen molar-refractivity contribution in [2.75, 3.05) is 0 Å². The molecule has 10 aromatic rings. The Balaban J connectivity index is 1.08. The Morgan fingerprint density at radius 2 is 0.746 bits per heavy atom. The highest BCUT2D eigenvalue weighted by Crippen LogP contribution is 2.58. The molecule has 0 bridgehead atoms. The molecule has 4 heteroatoms. The topological polar surface area (TPSA) is 62.5 Å². The lowest BCUT2D eigenvalue weighted by Gasteiger charge is -2.34. The number of aromatic nitrogens is 3. The van der Waals surface area contributed by atoms with Crippen LogP contribution in [-0.2, 0) is 5.41 Å². The standard InChI is InChI=1S/C59H38N4/c60-39-40-31-33-43(34-32-40)57-61-56(42-19-7-2-8-20-42)62-58(63-57)47-24-16-22-45(36-47)44-21-15-23-46(35-44)52-38-55-53(37-51(52)41-17-5-1-6-18-41)50-29-13-14-30-54(50)59(55,48-25-9-3-10-26-48)49-27-11-4-12-28-49/h1-38H. The first-order valence-corrected chi connectivity index (χ1v) is 21.2. The Kier molecular flexibility index (Phi) is 9.41. The van der Waals surface area contributed by atoms with Crippen molar-refractivity contribution >= 4 is 0 Å². The molecule has 0 aliphatic heterocycles. The molecule has 0 amide bonds. The summed E-state index contributed by atoms with van der Waals surface area (Å²) in [6.45, 7) is 0. The van der Waals surface area contributed by atoms with E-state index in [1.54, 1.807) is 12.1 Å². The number of benzene rings is 9. The Hall–Kier alpha value is -8.52. The summed E-state index contributed by atoms with van der Waals surface area (Å²) >= 11 is 0. The van der Waals surface area contributed by atoms with E-state index in [0.29, 0.717) is 23.0 Å². The molecule has 0 radical (unpaired) electrons. The minimum Gasteiger partial charge on any atom is -0.208 e. The van der Waals surface area contributed by atoms with Crippen LogP contribution < -0.4 is 0 Å². The van der Waals surface area contributed by atoms with Crippen LogP contribution in [0.15, 0.2) is 231 Å². The lowest BCUT2D eigenvalue weighted by atomic mass is 9.67. The largest absolute Gasteiger partial charge is 0.208 e. The zero-order valence-electron chi connectivity index (χ0n) is 34.2. The van der Waals surface area contributed by atoms with Gasteiger partial charge in [-0.3, -0.25) is 0 Å². The number of nitriles is 1. The highest BCUT2D eigenvalue weighted by Gasteiger charge is 2.46. The predicted molar refractivity (Wildman–Crippen MR) is 254 cm³/mol. The van der Waals surface area contributed by atoms with Gasteiger partial charge in [-0.1, -0.05) is 182 Å². The monoisotopic (exact) mass is 802 g/mol. The number of hydrogen-bond donors (Lipinski definition) is 0. The molecule has 294 valence electrons. The van der Waals surface area contributed by atoms with E-state index in [2.05, 4.69) is 182 Å². The molecule has 11 rings (SSSR count). The van der Waals surface area contributed by atoms with Crippen molar-refractivity contribution in [3.05, 3.63) is 258 Å². The molecule has 0 saturated carbocycles. The van der Waals surface area contributed by atoms with Crippen LogP contribution in [0.3, 0.4) is 0 Å². The minimum absolute atomic E-state index is 0.524. The van der Waals surface area contributed by atoms with Gasteiger partial charge in [-0.05, 0) is 115 Å². The quantitative estimate of drug-likeness (QED) is 0.153. The van der Waals surface area contributed by atoms with E-state index in [9.17, 15) is 5.26 Å². The van der Waals surface area contributed by atoms with Crippen molar-refractivity contribution in [3.8, 4) is 84.7 Å². The van der Waals surface area contributed by atoms with Gasteiger partial charge in [0.25, 0.3) is 0 Å². The Morgan fingerprint density at radius 3 is 1.35 bits per heavy atom.